The summed E-state index contributed by atoms with van der Waals surface area (Å²) in [4.78, 5) is 12.9. The Kier molecular flexibility index (Phi) is 18.1. The van der Waals surface area contributed by atoms with Crippen molar-refractivity contribution < 1.29 is 44.9 Å². The van der Waals surface area contributed by atoms with E-state index in [2.05, 4.69) is 12.2 Å². The van der Waals surface area contributed by atoms with Gasteiger partial charge >= 0.3 is 0 Å². The molecule has 10 nitrogen and oxygen atoms in total. The lowest BCUT2D eigenvalue weighted by atomic mass is 9.98. The Bertz CT molecular complexity index is 877. The lowest BCUT2D eigenvalue weighted by molar-refractivity contribution is -0.303. The SMILES string of the molecule is CCCCCCCCCCCCCC[C@@H](O)[C@@H](O)[C@H](CO[C@H]1O[C@H](CO)[C@H](O)[C@H](O)[C@H]1O)NC(=O)c1cccc(Cl)c1. The molecule has 1 aromatic carbocycles. The third kappa shape index (κ3) is 12.7. The monoisotopic (exact) mass is 617 g/mol. The van der Waals surface area contributed by atoms with Gasteiger partial charge in [-0.25, -0.2) is 0 Å². The number of carbonyl (C=O) groups is 1. The van der Waals surface area contributed by atoms with Crippen LogP contribution >= 0.6 is 11.6 Å². The number of benzene rings is 1. The van der Waals surface area contributed by atoms with E-state index in [9.17, 15) is 35.4 Å². The summed E-state index contributed by atoms with van der Waals surface area (Å²) in [7, 11) is 0. The normalized spacial score (nSPS) is 24.7. The molecular formula is C31H52ClNO9. The summed E-state index contributed by atoms with van der Waals surface area (Å²) >= 11 is 6.01. The van der Waals surface area contributed by atoms with Crippen molar-refractivity contribution >= 4 is 17.5 Å². The molecule has 0 aliphatic carbocycles. The molecule has 1 heterocycles. The number of rotatable bonds is 21. The molecule has 0 saturated carbocycles. The van der Waals surface area contributed by atoms with Crippen LogP contribution in [0.5, 0.6) is 0 Å². The third-order valence-corrected chi connectivity index (χ3v) is 8.09. The van der Waals surface area contributed by atoms with Crippen LogP contribution in [-0.2, 0) is 9.47 Å². The molecule has 0 aromatic heterocycles. The molecule has 0 radical (unpaired) electrons. The van der Waals surface area contributed by atoms with E-state index in [1.54, 1.807) is 18.2 Å². The first-order valence-electron chi connectivity index (χ1n) is 15.5. The fourth-order valence-corrected chi connectivity index (χ4v) is 5.33. The van der Waals surface area contributed by atoms with Crippen LogP contribution in [0.4, 0.5) is 0 Å². The Morgan fingerprint density at radius 1 is 0.929 bits per heavy atom. The Hall–Kier alpha value is -1.34. The molecule has 1 aromatic rings. The van der Waals surface area contributed by atoms with Crippen molar-refractivity contribution in [2.75, 3.05) is 13.2 Å². The van der Waals surface area contributed by atoms with Crippen LogP contribution in [0.1, 0.15) is 101 Å². The maximum absolute atomic E-state index is 12.9. The third-order valence-electron chi connectivity index (χ3n) is 7.85. The first-order valence-corrected chi connectivity index (χ1v) is 15.9. The van der Waals surface area contributed by atoms with Crippen molar-refractivity contribution in [3.63, 3.8) is 0 Å². The summed E-state index contributed by atoms with van der Waals surface area (Å²) in [6.07, 6.45) is 4.38. The van der Waals surface area contributed by atoms with E-state index in [0.29, 0.717) is 17.9 Å². The zero-order valence-corrected chi connectivity index (χ0v) is 25.6. The number of ether oxygens (including phenoxy) is 2. The molecular weight excluding hydrogens is 566 g/mol. The van der Waals surface area contributed by atoms with Crippen LogP contribution in [0.2, 0.25) is 5.02 Å². The summed E-state index contributed by atoms with van der Waals surface area (Å²) in [6.45, 7) is 1.20. The van der Waals surface area contributed by atoms with E-state index < -0.39 is 68.1 Å². The van der Waals surface area contributed by atoms with Crippen molar-refractivity contribution in [1.29, 1.82) is 0 Å². The zero-order valence-electron chi connectivity index (χ0n) is 24.8. The molecule has 11 heteroatoms. The Morgan fingerprint density at radius 3 is 2.10 bits per heavy atom. The quantitative estimate of drug-likeness (QED) is 0.102. The van der Waals surface area contributed by atoms with Gasteiger partial charge in [0.2, 0.25) is 0 Å². The minimum Gasteiger partial charge on any atom is -0.394 e. The summed E-state index contributed by atoms with van der Waals surface area (Å²) in [5, 5.41) is 64.5. The van der Waals surface area contributed by atoms with Gasteiger partial charge in [-0.3, -0.25) is 4.79 Å². The van der Waals surface area contributed by atoms with Crippen LogP contribution in [-0.4, -0.2) is 98.7 Å². The number of amides is 1. The van der Waals surface area contributed by atoms with Crippen LogP contribution in [0, 0.1) is 0 Å². The van der Waals surface area contributed by atoms with E-state index in [4.69, 9.17) is 21.1 Å². The van der Waals surface area contributed by atoms with Crippen LogP contribution in [0.3, 0.4) is 0 Å². The number of halogens is 1. The smallest absolute Gasteiger partial charge is 0.251 e. The summed E-state index contributed by atoms with van der Waals surface area (Å²) < 4.78 is 11.0. The Morgan fingerprint density at radius 2 is 1.52 bits per heavy atom. The summed E-state index contributed by atoms with van der Waals surface area (Å²) in [6, 6.07) is 5.12. The highest BCUT2D eigenvalue weighted by Gasteiger charge is 2.44. The fourth-order valence-electron chi connectivity index (χ4n) is 5.14. The number of carbonyl (C=O) groups excluding carboxylic acids is 1. The van der Waals surface area contributed by atoms with Gasteiger partial charge < -0.3 is 45.4 Å². The van der Waals surface area contributed by atoms with Crippen molar-refractivity contribution in [3.05, 3.63) is 34.9 Å². The summed E-state index contributed by atoms with van der Waals surface area (Å²) in [5.74, 6) is -0.559. The van der Waals surface area contributed by atoms with Gasteiger partial charge in [-0.2, -0.15) is 0 Å². The van der Waals surface area contributed by atoms with E-state index in [0.717, 1.165) is 19.3 Å². The van der Waals surface area contributed by atoms with Gasteiger partial charge in [-0.15, -0.1) is 0 Å². The summed E-state index contributed by atoms with van der Waals surface area (Å²) in [5.41, 5.74) is 0.239. The first-order chi connectivity index (χ1) is 20.2. The van der Waals surface area contributed by atoms with Crippen LogP contribution in [0.25, 0.3) is 0 Å². The van der Waals surface area contributed by atoms with Crippen LogP contribution < -0.4 is 5.32 Å². The molecule has 2 rings (SSSR count). The molecule has 0 unspecified atom stereocenters. The maximum atomic E-state index is 12.9. The fraction of sp³-hybridized carbons (Fsp3) is 0.774. The van der Waals surface area contributed by atoms with E-state index >= 15 is 0 Å². The van der Waals surface area contributed by atoms with Gasteiger partial charge in [0.1, 0.15) is 30.5 Å². The first kappa shape index (κ1) is 36.8. The van der Waals surface area contributed by atoms with Crippen molar-refractivity contribution in [2.45, 2.75) is 139 Å². The van der Waals surface area contributed by atoms with Crippen molar-refractivity contribution in [1.82, 2.24) is 5.32 Å². The predicted octanol–water partition coefficient (Wildman–Crippen LogP) is 3.07. The van der Waals surface area contributed by atoms with Crippen molar-refractivity contribution in [3.8, 4) is 0 Å². The largest absolute Gasteiger partial charge is 0.394 e. The van der Waals surface area contributed by atoms with E-state index in [1.807, 2.05) is 0 Å². The number of hydrogen-bond acceptors (Lipinski definition) is 9. The van der Waals surface area contributed by atoms with Gasteiger partial charge in [0.05, 0.1) is 25.4 Å². The highest BCUT2D eigenvalue weighted by atomic mass is 35.5. The maximum Gasteiger partial charge on any atom is 0.251 e. The molecule has 1 fully saturated rings. The minimum absolute atomic E-state index is 0.239. The van der Waals surface area contributed by atoms with E-state index in [-0.39, 0.29) is 5.56 Å². The number of hydrogen-bond donors (Lipinski definition) is 7. The molecule has 1 saturated heterocycles. The molecule has 0 bridgehead atoms. The van der Waals surface area contributed by atoms with Gasteiger partial charge in [0.15, 0.2) is 6.29 Å². The van der Waals surface area contributed by atoms with Crippen molar-refractivity contribution in [2.24, 2.45) is 0 Å². The Balaban J connectivity index is 1.86. The molecule has 1 amide bonds. The lowest BCUT2D eigenvalue weighted by Gasteiger charge is -2.40. The average molecular weight is 618 g/mol. The number of aliphatic hydroxyl groups excluding tert-OH is 6. The second-order valence-electron chi connectivity index (χ2n) is 11.4. The predicted molar refractivity (Wildman–Crippen MR) is 160 cm³/mol. The van der Waals surface area contributed by atoms with Gasteiger partial charge in [-0.1, -0.05) is 102 Å². The van der Waals surface area contributed by atoms with Gasteiger partial charge in [0.25, 0.3) is 5.91 Å². The second kappa shape index (κ2) is 20.6. The van der Waals surface area contributed by atoms with E-state index in [1.165, 1.54) is 57.4 Å². The number of nitrogens with one attached hydrogen (secondary N) is 1. The minimum atomic E-state index is -1.64. The topological polar surface area (TPSA) is 169 Å². The van der Waals surface area contributed by atoms with Gasteiger partial charge in [-0.05, 0) is 24.6 Å². The van der Waals surface area contributed by atoms with Gasteiger partial charge in [0, 0.05) is 10.6 Å². The highest BCUT2D eigenvalue weighted by molar-refractivity contribution is 6.30. The Labute approximate surface area is 255 Å². The number of aliphatic hydroxyl groups is 6. The molecule has 42 heavy (non-hydrogen) atoms. The van der Waals surface area contributed by atoms with Crippen LogP contribution in [0.15, 0.2) is 24.3 Å². The molecule has 242 valence electrons. The average Bonchev–Trinajstić information content (AvgIpc) is 2.98. The molecule has 8 atom stereocenters. The second-order valence-corrected chi connectivity index (χ2v) is 11.8. The lowest BCUT2D eigenvalue weighted by Crippen LogP contribution is -2.60. The molecule has 1 aliphatic rings. The number of unbranched alkanes of at least 4 members (excludes halogenated alkanes) is 11. The highest BCUT2D eigenvalue weighted by Crippen LogP contribution is 2.23. The zero-order chi connectivity index (χ0) is 30.9. The molecule has 7 N–H and O–H groups in total. The standard InChI is InChI=1S/C31H52ClNO9/c1-2-3-4-5-6-7-8-9-10-11-12-13-17-24(35)26(36)23(33-30(40)21-15-14-16-22(32)18-21)20-41-31-29(39)28(38)27(37)25(19-34)42-31/h14-16,18,23-29,31,34-39H,2-13,17,19-20H2,1H3,(H,33,40)/t23-,24+,25+,26-,27-,28-,29+,31-/m0/s1. The molecule has 0 spiro atoms. The molecule has 1 aliphatic heterocycles.